The highest BCUT2D eigenvalue weighted by atomic mass is 35.5. The van der Waals surface area contributed by atoms with Gasteiger partial charge in [-0.1, -0.05) is 35.0 Å². The third kappa shape index (κ3) is 3.13. The number of aromatic nitrogens is 3. The van der Waals surface area contributed by atoms with E-state index >= 15 is 0 Å². The Morgan fingerprint density at radius 1 is 1.26 bits per heavy atom. The molecule has 0 aliphatic carbocycles. The Morgan fingerprint density at radius 3 is 2.81 bits per heavy atom. The molecule has 2 aromatic heterocycles. The molecule has 0 bridgehead atoms. The maximum atomic E-state index is 13.1. The molecule has 4 aromatic rings. The molecule has 0 amide bonds. The van der Waals surface area contributed by atoms with Gasteiger partial charge in [0, 0.05) is 17.1 Å². The van der Waals surface area contributed by atoms with E-state index in [1.54, 1.807) is 23.0 Å². The van der Waals surface area contributed by atoms with Crippen LogP contribution < -0.4 is 11.3 Å². The molecule has 136 valence electrons. The highest BCUT2D eigenvalue weighted by Gasteiger charge is 2.16. The fourth-order valence-corrected chi connectivity index (χ4v) is 3.42. The summed E-state index contributed by atoms with van der Waals surface area (Å²) in [6.07, 6.45) is 3.12. The standard InChI is InChI=1S/C20H17ClN4O2/c1-12-17(10-27-24-12)13-5-6-16-18(8-13)23-11-25(20(16)26)19(9-22)14-3-2-4-15(21)7-14/h2-8,10-11,19H,9,22H2,1H3. The number of rotatable bonds is 4. The molecular weight excluding hydrogens is 364 g/mol. The Hall–Kier alpha value is -2.96. The van der Waals surface area contributed by atoms with E-state index in [2.05, 4.69) is 10.1 Å². The molecule has 6 nitrogen and oxygen atoms in total. The number of hydrogen-bond donors (Lipinski definition) is 1. The Morgan fingerprint density at radius 2 is 2.11 bits per heavy atom. The van der Waals surface area contributed by atoms with E-state index in [1.807, 2.05) is 37.3 Å². The van der Waals surface area contributed by atoms with Crippen molar-refractivity contribution in [2.45, 2.75) is 13.0 Å². The molecule has 1 unspecified atom stereocenters. The van der Waals surface area contributed by atoms with Crippen molar-refractivity contribution in [3.05, 3.63) is 81.7 Å². The highest BCUT2D eigenvalue weighted by Crippen LogP contribution is 2.25. The van der Waals surface area contributed by atoms with Gasteiger partial charge in [-0.2, -0.15) is 0 Å². The van der Waals surface area contributed by atoms with Gasteiger partial charge in [0.15, 0.2) is 0 Å². The van der Waals surface area contributed by atoms with E-state index in [9.17, 15) is 4.79 Å². The molecule has 2 heterocycles. The van der Waals surface area contributed by atoms with E-state index in [0.717, 1.165) is 22.4 Å². The van der Waals surface area contributed by atoms with Crippen LogP contribution in [0.25, 0.3) is 22.0 Å². The first kappa shape index (κ1) is 17.5. The normalized spacial score (nSPS) is 12.4. The van der Waals surface area contributed by atoms with Gasteiger partial charge in [0.05, 0.1) is 29.0 Å². The van der Waals surface area contributed by atoms with Crippen molar-refractivity contribution in [2.75, 3.05) is 6.54 Å². The summed E-state index contributed by atoms with van der Waals surface area (Å²) in [4.78, 5) is 17.5. The maximum Gasteiger partial charge on any atom is 0.261 e. The van der Waals surface area contributed by atoms with Crippen molar-refractivity contribution in [2.24, 2.45) is 5.73 Å². The number of hydrogen-bond acceptors (Lipinski definition) is 5. The number of aryl methyl sites for hydroxylation is 1. The average molecular weight is 381 g/mol. The van der Waals surface area contributed by atoms with Crippen LogP contribution in [0.2, 0.25) is 5.02 Å². The second-order valence-electron chi connectivity index (χ2n) is 6.31. The van der Waals surface area contributed by atoms with Gasteiger partial charge >= 0.3 is 0 Å². The summed E-state index contributed by atoms with van der Waals surface area (Å²) < 4.78 is 6.55. The summed E-state index contributed by atoms with van der Waals surface area (Å²) in [7, 11) is 0. The minimum absolute atomic E-state index is 0.149. The summed E-state index contributed by atoms with van der Waals surface area (Å²) in [6.45, 7) is 2.12. The van der Waals surface area contributed by atoms with E-state index < -0.39 is 0 Å². The van der Waals surface area contributed by atoms with E-state index in [-0.39, 0.29) is 18.1 Å². The minimum atomic E-state index is -0.340. The molecule has 0 saturated carbocycles. The van der Waals surface area contributed by atoms with Crippen LogP contribution in [0.5, 0.6) is 0 Å². The largest absolute Gasteiger partial charge is 0.364 e. The minimum Gasteiger partial charge on any atom is -0.364 e. The lowest BCUT2D eigenvalue weighted by molar-refractivity contribution is 0.415. The first-order valence-electron chi connectivity index (χ1n) is 8.46. The molecule has 0 spiro atoms. The number of nitrogens with two attached hydrogens (primary N) is 1. The maximum absolute atomic E-state index is 13.1. The van der Waals surface area contributed by atoms with Gasteiger partial charge in [0.2, 0.25) is 0 Å². The van der Waals surface area contributed by atoms with Crippen LogP contribution in [-0.2, 0) is 0 Å². The van der Waals surface area contributed by atoms with Crippen molar-refractivity contribution in [3.8, 4) is 11.1 Å². The zero-order valence-corrected chi connectivity index (χ0v) is 15.3. The van der Waals surface area contributed by atoms with Crippen LogP contribution in [-0.4, -0.2) is 21.3 Å². The molecule has 0 aliphatic heterocycles. The smallest absolute Gasteiger partial charge is 0.261 e. The molecule has 2 aromatic carbocycles. The van der Waals surface area contributed by atoms with Crippen LogP contribution in [0.15, 0.2) is 64.4 Å². The first-order valence-corrected chi connectivity index (χ1v) is 8.84. The summed E-state index contributed by atoms with van der Waals surface area (Å²) >= 11 is 6.09. The molecule has 7 heteroatoms. The fraction of sp³-hybridized carbons (Fsp3) is 0.150. The van der Waals surface area contributed by atoms with Gasteiger partial charge in [0.1, 0.15) is 6.26 Å². The molecular formula is C20H17ClN4O2. The summed E-state index contributed by atoms with van der Waals surface area (Å²) in [6, 6.07) is 12.5. The quantitative estimate of drug-likeness (QED) is 0.585. The molecule has 0 aliphatic rings. The number of fused-ring (bicyclic) bond motifs is 1. The van der Waals surface area contributed by atoms with Crippen molar-refractivity contribution in [3.63, 3.8) is 0 Å². The van der Waals surface area contributed by atoms with Crippen molar-refractivity contribution in [1.82, 2.24) is 14.7 Å². The van der Waals surface area contributed by atoms with Crippen LogP contribution in [0, 0.1) is 6.92 Å². The fourth-order valence-electron chi connectivity index (χ4n) is 3.22. The van der Waals surface area contributed by atoms with Crippen LogP contribution in [0.4, 0.5) is 0 Å². The molecule has 27 heavy (non-hydrogen) atoms. The molecule has 0 radical (unpaired) electrons. The lowest BCUT2D eigenvalue weighted by Gasteiger charge is -2.19. The number of benzene rings is 2. The van der Waals surface area contributed by atoms with Gasteiger partial charge in [-0.3, -0.25) is 9.36 Å². The second-order valence-corrected chi connectivity index (χ2v) is 6.75. The van der Waals surface area contributed by atoms with E-state index in [1.165, 1.54) is 6.33 Å². The van der Waals surface area contributed by atoms with Gasteiger partial charge in [-0.15, -0.1) is 0 Å². The first-order chi connectivity index (χ1) is 13.1. The molecule has 2 N–H and O–H groups in total. The van der Waals surface area contributed by atoms with Crippen molar-refractivity contribution >= 4 is 22.5 Å². The number of nitrogens with zero attached hydrogens (tertiary/aromatic N) is 3. The Balaban J connectivity index is 1.82. The van der Waals surface area contributed by atoms with Gasteiger partial charge in [-0.25, -0.2) is 4.98 Å². The number of halogens is 1. The van der Waals surface area contributed by atoms with Crippen LogP contribution in [0.1, 0.15) is 17.3 Å². The third-order valence-electron chi connectivity index (χ3n) is 4.64. The lowest BCUT2D eigenvalue weighted by atomic mass is 10.0. The second kappa shape index (κ2) is 6.98. The predicted molar refractivity (Wildman–Crippen MR) is 105 cm³/mol. The topological polar surface area (TPSA) is 86.9 Å². The van der Waals surface area contributed by atoms with Crippen LogP contribution >= 0.6 is 11.6 Å². The Bertz CT molecular complexity index is 1180. The zero-order valence-electron chi connectivity index (χ0n) is 14.6. The lowest BCUT2D eigenvalue weighted by Crippen LogP contribution is -2.30. The summed E-state index contributed by atoms with van der Waals surface area (Å²) in [5, 5.41) is 5.02. The van der Waals surface area contributed by atoms with E-state index in [4.69, 9.17) is 21.9 Å². The monoisotopic (exact) mass is 380 g/mol. The van der Waals surface area contributed by atoms with Crippen LogP contribution in [0.3, 0.4) is 0 Å². The highest BCUT2D eigenvalue weighted by molar-refractivity contribution is 6.30. The Kier molecular flexibility index (Phi) is 4.51. The van der Waals surface area contributed by atoms with E-state index in [0.29, 0.717) is 15.9 Å². The van der Waals surface area contributed by atoms with Gasteiger partial charge < -0.3 is 10.3 Å². The predicted octanol–water partition coefficient (Wildman–Crippen LogP) is 3.56. The average Bonchev–Trinajstić information content (AvgIpc) is 3.10. The summed E-state index contributed by atoms with van der Waals surface area (Å²) in [5.41, 5.74) is 9.84. The Labute approximate surface area is 160 Å². The zero-order chi connectivity index (χ0) is 19.0. The van der Waals surface area contributed by atoms with Crippen molar-refractivity contribution < 1.29 is 4.52 Å². The summed E-state index contributed by atoms with van der Waals surface area (Å²) in [5.74, 6) is 0. The van der Waals surface area contributed by atoms with Crippen molar-refractivity contribution in [1.29, 1.82) is 0 Å². The third-order valence-corrected chi connectivity index (χ3v) is 4.87. The van der Waals surface area contributed by atoms with Gasteiger partial charge in [0.25, 0.3) is 5.56 Å². The van der Waals surface area contributed by atoms with Gasteiger partial charge in [-0.05, 0) is 42.3 Å². The molecule has 4 rings (SSSR count). The SMILES string of the molecule is Cc1nocc1-c1ccc2c(=O)n(C(CN)c3cccc(Cl)c3)cnc2c1. The molecule has 1 atom stereocenters. The molecule has 0 saturated heterocycles. The molecule has 0 fully saturated rings.